The van der Waals surface area contributed by atoms with E-state index in [2.05, 4.69) is 27.7 Å². The van der Waals surface area contributed by atoms with E-state index < -0.39 is 11.4 Å². The van der Waals surface area contributed by atoms with Gasteiger partial charge >= 0.3 is 17.1 Å². The Balaban J connectivity index is -0.000000411. The molecule has 0 aromatic heterocycles. The summed E-state index contributed by atoms with van der Waals surface area (Å²) in [6.45, 7) is 17.3. The van der Waals surface area contributed by atoms with E-state index in [-0.39, 0.29) is 17.1 Å². The molecular formula is C16H36FeO4P2S4. The van der Waals surface area contributed by atoms with Crippen molar-refractivity contribution in [1.82, 2.24) is 0 Å². The first-order chi connectivity index (χ1) is 11.7. The molecule has 0 aromatic rings. The van der Waals surface area contributed by atoms with Crippen molar-refractivity contribution in [3.63, 3.8) is 0 Å². The maximum Gasteiger partial charge on any atom is 2.00 e. The summed E-state index contributed by atoms with van der Waals surface area (Å²) < 4.78 is 10.3. The zero-order valence-corrected chi connectivity index (χ0v) is 23.8. The van der Waals surface area contributed by atoms with E-state index in [9.17, 15) is 9.79 Å². The van der Waals surface area contributed by atoms with Crippen LogP contribution >= 0.6 is 34.2 Å². The van der Waals surface area contributed by atoms with Crippen molar-refractivity contribution in [1.29, 1.82) is 0 Å². The molecule has 0 N–H and O–H groups in total. The normalized spacial score (nSPS) is 15.9. The van der Waals surface area contributed by atoms with Crippen LogP contribution in [0.4, 0.5) is 0 Å². The standard InChI is InChI=1S/2C8H19O2PS2.Fe/c2*1-7(2)5-10-11(9,12)13-6-8(3)4;/h2*7-8H,5-6H2,1-4H3,(H,9,12);/q;;+2/p-2. The van der Waals surface area contributed by atoms with Gasteiger partial charge in [-0.25, -0.2) is 0 Å². The first-order valence-electron chi connectivity index (χ1n) is 8.87. The van der Waals surface area contributed by atoms with Crippen LogP contribution in [0.2, 0.25) is 0 Å². The van der Waals surface area contributed by atoms with Crippen molar-refractivity contribution >= 4 is 57.8 Å². The van der Waals surface area contributed by atoms with Crippen molar-refractivity contribution in [3.05, 3.63) is 0 Å². The monoisotopic (exact) mass is 538 g/mol. The molecule has 4 nitrogen and oxygen atoms in total. The van der Waals surface area contributed by atoms with E-state index in [1.54, 1.807) is 0 Å². The molecule has 0 spiro atoms. The summed E-state index contributed by atoms with van der Waals surface area (Å²) in [6.07, 6.45) is 0. The van der Waals surface area contributed by atoms with Gasteiger partial charge in [-0.15, -0.1) is 22.8 Å². The summed E-state index contributed by atoms with van der Waals surface area (Å²) in [5, 5.41) is 0. The molecular weight excluding hydrogens is 502 g/mol. The van der Waals surface area contributed by atoms with Crippen molar-refractivity contribution in [3.8, 4) is 0 Å². The molecule has 0 radical (unpaired) electrons. The minimum absolute atomic E-state index is 0. The average molecular weight is 539 g/mol. The smallest absolute Gasteiger partial charge is 0.793 e. The summed E-state index contributed by atoms with van der Waals surface area (Å²) in [5.74, 6) is 3.39. The summed E-state index contributed by atoms with van der Waals surface area (Å²) in [5.41, 5.74) is -5.60. The zero-order chi connectivity index (χ0) is 21.0. The molecule has 2 unspecified atom stereocenters. The quantitative estimate of drug-likeness (QED) is 0.246. The van der Waals surface area contributed by atoms with E-state index in [0.717, 1.165) is 11.5 Å². The molecule has 0 aliphatic carbocycles. The van der Waals surface area contributed by atoms with Gasteiger partial charge in [-0.05, 0) is 23.7 Å². The SMILES string of the molecule is CC(C)COP([O-])(=S)SCC(C)C.CC(C)COP([O-])(=S)SCC(C)C.[Fe+2]. The minimum Gasteiger partial charge on any atom is -0.793 e. The Morgan fingerprint density at radius 1 is 0.667 bits per heavy atom. The Labute approximate surface area is 196 Å². The fourth-order valence-corrected chi connectivity index (χ4v) is 8.27. The van der Waals surface area contributed by atoms with E-state index in [1.165, 1.54) is 22.8 Å². The summed E-state index contributed by atoms with van der Waals surface area (Å²) in [6, 6.07) is 0. The molecule has 0 saturated heterocycles. The predicted molar refractivity (Wildman–Crippen MR) is 125 cm³/mol. The molecule has 2 atom stereocenters. The molecule has 166 valence electrons. The summed E-state index contributed by atoms with van der Waals surface area (Å²) in [7, 11) is 0. The molecule has 0 aliphatic heterocycles. The summed E-state index contributed by atoms with van der Waals surface area (Å²) in [4.78, 5) is 23.2. The first-order valence-corrected chi connectivity index (χ1v) is 17.3. The van der Waals surface area contributed by atoms with Gasteiger partial charge in [-0.3, -0.25) is 0 Å². The van der Waals surface area contributed by atoms with Crippen LogP contribution < -0.4 is 9.79 Å². The van der Waals surface area contributed by atoms with Crippen LogP contribution in [0.1, 0.15) is 55.4 Å². The van der Waals surface area contributed by atoms with Crippen LogP contribution in [-0.4, -0.2) is 24.7 Å². The van der Waals surface area contributed by atoms with Gasteiger partial charge in [-0.1, -0.05) is 79.0 Å². The van der Waals surface area contributed by atoms with Gasteiger partial charge in [0.25, 0.3) is 0 Å². The predicted octanol–water partition coefficient (Wildman–Crippen LogP) is 5.26. The molecule has 0 bridgehead atoms. The van der Waals surface area contributed by atoms with Gasteiger partial charge < -0.3 is 18.8 Å². The first kappa shape index (κ1) is 34.0. The van der Waals surface area contributed by atoms with Crippen molar-refractivity contribution in [2.24, 2.45) is 23.7 Å². The Morgan fingerprint density at radius 2 is 0.926 bits per heavy atom. The molecule has 0 fully saturated rings. The van der Waals surface area contributed by atoms with Crippen LogP contribution in [0.15, 0.2) is 0 Å². The molecule has 0 rings (SSSR count). The fourth-order valence-electron chi connectivity index (χ4n) is 1.04. The van der Waals surface area contributed by atoms with E-state index in [1.807, 2.05) is 27.7 Å². The Morgan fingerprint density at radius 3 is 1.11 bits per heavy atom. The van der Waals surface area contributed by atoms with Gasteiger partial charge in [0.1, 0.15) is 0 Å². The van der Waals surface area contributed by atoms with Crippen molar-refractivity contribution in [2.45, 2.75) is 55.4 Å². The molecule has 11 heteroatoms. The maximum atomic E-state index is 11.6. The third kappa shape index (κ3) is 28.4. The van der Waals surface area contributed by atoms with Crippen LogP contribution in [0, 0.1) is 23.7 Å². The molecule has 0 amide bonds. The number of hydrogen-bond donors (Lipinski definition) is 0. The molecule has 0 aromatic carbocycles. The zero-order valence-electron chi connectivity index (χ0n) is 17.7. The van der Waals surface area contributed by atoms with Crippen LogP contribution in [-0.2, 0) is 49.7 Å². The number of rotatable bonds is 12. The van der Waals surface area contributed by atoms with Gasteiger partial charge in [0, 0.05) is 22.9 Å². The minimum atomic E-state index is -2.80. The molecule has 27 heavy (non-hydrogen) atoms. The van der Waals surface area contributed by atoms with E-state index in [0.29, 0.717) is 36.9 Å². The number of hydrogen-bond acceptors (Lipinski definition) is 8. The maximum absolute atomic E-state index is 11.6. The van der Waals surface area contributed by atoms with Crippen molar-refractivity contribution < 1.29 is 35.9 Å². The van der Waals surface area contributed by atoms with E-state index >= 15 is 0 Å². The topological polar surface area (TPSA) is 64.6 Å². The Bertz CT molecular complexity index is 380. The van der Waals surface area contributed by atoms with Gasteiger partial charge in [-0.2, -0.15) is 0 Å². The van der Waals surface area contributed by atoms with Crippen LogP contribution in [0.25, 0.3) is 0 Å². The van der Waals surface area contributed by atoms with Gasteiger partial charge in [0.05, 0.1) is 13.2 Å². The van der Waals surface area contributed by atoms with Gasteiger partial charge in [0.2, 0.25) is 0 Å². The molecule has 0 heterocycles. The van der Waals surface area contributed by atoms with E-state index in [4.69, 9.17) is 32.7 Å². The Kier molecular flexibility index (Phi) is 22.6. The van der Waals surface area contributed by atoms with Gasteiger partial charge in [0.15, 0.2) is 0 Å². The Hall–Kier alpha value is 2.36. The van der Waals surface area contributed by atoms with Crippen LogP contribution in [0.3, 0.4) is 0 Å². The molecule has 0 aliphatic rings. The second-order valence-corrected chi connectivity index (χ2v) is 19.8. The largest absolute Gasteiger partial charge is 2.00 e. The second kappa shape index (κ2) is 18.0. The molecule has 0 saturated carbocycles. The average Bonchev–Trinajstić information content (AvgIpc) is 2.48. The summed E-state index contributed by atoms with van der Waals surface area (Å²) >= 11 is 12.3. The van der Waals surface area contributed by atoms with Crippen LogP contribution in [0.5, 0.6) is 0 Å². The third-order valence-corrected chi connectivity index (χ3v) is 11.4. The third-order valence-electron chi connectivity index (χ3n) is 2.26. The van der Waals surface area contributed by atoms with Crippen molar-refractivity contribution in [2.75, 3.05) is 24.7 Å². The fraction of sp³-hybridized carbons (Fsp3) is 1.00. The second-order valence-electron chi connectivity index (χ2n) is 7.65.